The van der Waals surface area contributed by atoms with Crippen molar-refractivity contribution in [2.75, 3.05) is 6.61 Å². The molecule has 21 heavy (non-hydrogen) atoms. The van der Waals surface area contributed by atoms with Gasteiger partial charge < -0.3 is 9.84 Å². The number of aliphatic carboxylic acids is 1. The number of rotatable bonds is 6. The monoisotopic (exact) mass is 290 g/mol. The lowest BCUT2D eigenvalue weighted by Gasteiger charge is -2.26. The number of ether oxygens (including phenoxy) is 1. The Morgan fingerprint density at radius 3 is 2.43 bits per heavy atom. The molecule has 1 saturated carbocycles. The van der Waals surface area contributed by atoms with Crippen molar-refractivity contribution in [1.29, 1.82) is 0 Å². The predicted octanol–water partition coefficient (Wildman–Crippen LogP) is 3.05. The third-order valence-electron chi connectivity index (χ3n) is 4.08. The van der Waals surface area contributed by atoms with Gasteiger partial charge >= 0.3 is 11.9 Å². The van der Waals surface area contributed by atoms with Crippen LogP contribution >= 0.6 is 0 Å². The van der Waals surface area contributed by atoms with E-state index in [0.717, 1.165) is 25.7 Å². The molecule has 0 spiro atoms. The highest BCUT2D eigenvalue weighted by molar-refractivity contribution is 5.81. The second-order valence-electron chi connectivity index (χ2n) is 5.59. The SMILES string of the molecule is O=C(O)C1CCCCC1C(=O)OCCCc1ccccc1. The lowest BCUT2D eigenvalue weighted by molar-refractivity contribution is -0.159. The van der Waals surface area contributed by atoms with Crippen LogP contribution < -0.4 is 0 Å². The Bertz CT molecular complexity index is 469. The summed E-state index contributed by atoms with van der Waals surface area (Å²) in [6.07, 6.45) is 4.64. The standard InChI is InChI=1S/C17H22O4/c18-16(19)14-10-4-5-11-15(14)17(20)21-12-6-9-13-7-2-1-3-8-13/h1-3,7-8,14-15H,4-6,9-12H2,(H,18,19). The van der Waals surface area contributed by atoms with Gasteiger partial charge in [0.25, 0.3) is 0 Å². The Hall–Kier alpha value is -1.84. The molecule has 0 saturated heterocycles. The number of benzene rings is 1. The van der Waals surface area contributed by atoms with Gasteiger partial charge in [0.1, 0.15) is 0 Å². The second-order valence-corrected chi connectivity index (χ2v) is 5.59. The Balaban J connectivity index is 1.74. The normalized spacial score (nSPS) is 21.7. The van der Waals surface area contributed by atoms with Crippen LogP contribution in [-0.4, -0.2) is 23.7 Å². The summed E-state index contributed by atoms with van der Waals surface area (Å²) >= 11 is 0. The zero-order valence-electron chi connectivity index (χ0n) is 12.2. The van der Waals surface area contributed by atoms with Crippen molar-refractivity contribution in [2.24, 2.45) is 11.8 Å². The molecule has 0 aliphatic heterocycles. The molecule has 114 valence electrons. The van der Waals surface area contributed by atoms with Gasteiger partial charge in [0.15, 0.2) is 0 Å². The zero-order chi connectivity index (χ0) is 15.1. The molecule has 2 rings (SSSR count). The molecule has 1 aromatic rings. The smallest absolute Gasteiger partial charge is 0.309 e. The minimum atomic E-state index is -0.874. The van der Waals surface area contributed by atoms with E-state index in [1.165, 1.54) is 5.56 Å². The van der Waals surface area contributed by atoms with E-state index in [-0.39, 0.29) is 5.97 Å². The Morgan fingerprint density at radius 1 is 1.10 bits per heavy atom. The predicted molar refractivity (Wildman–Crippen MR) is 78.8 cm³/mol. The van der Waals surface area contributed by atoms with Crippen LogP contribution in [0.2, 0.25) is 0 Å². The van der Waals surface area contributed by atoms with Crippen molar-refractivity contribution in [2.45, 2.75) is 38.5 Å². The van der Waals surface area contributed by atoms with Gasteiger partial charge in [-0.05, 0) is 31.2 Å². The maximum absolute atomic E-state index is 12.0. The molecule has 1 aromatic carbocycles. The number of hydrogen-bond acceptors (Lipinski definition) is 3. The van der Waals surface area contributed by atoms with Crippen molar-refractivity contribution in [3.8, 4) is 0 Å². The highest BCUT2D eigenvalue weighted by Crippen LogP contribution is 2.31. The third-order valence-corrected chi connectivity index (χ3v) is 4.08. The van der Waals surface area contributed by atoms with Crippen LogP contribution in [0.4, 0.5) is 0 Å². The number of carboxylic acid groups (broad SMARTS) is 1. The average Bonchev–Trinajstić information content (AvgIpc) is 2.52. The quantitative estimate of drug-likeness (QED) is 0.646. The number of carboxylic acids is 1. The fraction of sp³-hybridized carbons (Fsp3) is 0.529. The number of aryl methyl sites for hydroxylation is 1. The molecule has 1 fully saturated rings. The molecule has 0 aromatic heterocycles. The fourth-order valence-electron chi connectivity index (χ4n) is 2.91. The van der Waals surface area contributed by atoms with E-state index < -0.39 is 17.8 Å². The topological polar surface area (TPSA) is 63.6 Å². The van der Waals surface area contributed by atoms with Crippen LogP contribution in [0.3, 0.4) is 0 Å². The first-order valence-corrected chi connectivity index (χ1v) is 7.62. The minimum Gasteiger partial charge on any atom is -0.481 e. The molecule has 0 radical (unpaired) electrons. The molecule has 0 bridgehead atoms. The van der Waals surface area contributed by atoms with E-state index in [1.54, 1.807) is 0 Å². The summed E-state index contributed by atoms with van der Waals surface area (Å²) in [7, 11) is 0. The lowest BCUT2D eigenvalue weighted by atomic mass is 9.79. The number of carbonyl (C=O) groups is 2. The second kappa shape index (κ2) is 7.81. The fourth-order valence-corrected chi connectivity index (χ4v) is 2.91. The van der Waals surface area contributed by atoms with Gasteiger partial charge in [-0.3, -0.25) is 9.59 Å². The van der Waals surface area contributed by atoms with Crippen molar-refractivity contribution in [3.63, 3.8) is 0 Å². The first kappa shape index (κ1) is 15.5. The van der Waals surface area contributed by atoms with Crippen LogP contribution in [-0.2, 0) is 20.7 Å². The summed E-state index contributed by atoms with van der Waals surface area (Å²) in [6.45, 7) is 0.358. The largest absolute Gasteiger partial charge is 0.481 e. The van der Waals surface area contributed by atoms with Crippen LogP contribution in [0.5, 0.6) is 0 Å². The van der Waals surface area contributed by atoms with Crippen molar-refractivity contribution >= 4 is 11.9 Å². The van der Waals surface area contributed by atoms with Gasteiger partial charge in [-0.2, -0.15) is 0 Å². The molecule has 1 aliphatic carbocycles. The van der Waals surface area contributed by atoms with E-state index in [2.05, 4.69) is 0 Å². The van der Waals surface area contributed by atoms with Crippen molar-refractivity contribution in [3.05, 3.63) is 35.9 Å². The van der Waals surface area contributed by atoms with Gasteiger partial charge in [-0.1, -0.05) is 43.2 Å². The summed E-state index contributed by atoms with van der Waals surface area (Å²) in [6, 6.07) is 10.0. The van der Waals surface area contributed by atoms with Gasteiger partial charge in [0.2, 0.25) is 0 Å². The summed E-state index contributed by atoms with van der Waals surface area (Å²) in [5.41, 5.74) is 1.22. The highest BCUT2D eigenvalue weighted by atomic mass is 16.5. The maximum Gasteiger partial charge on any atom is 0.309 e. The molecule has 0 amide bonds. The molecular weight excluding hydrogens is 268 g/mol. The molecule has 1 aliphatic rings. The molecule has 1 N–H and O–H groups in total. The Kier molecular flexibility index (Phi) is 5.78. The Morgan fingerprint density at radius 2 is 1.76 bits per heavy atom. The maximum atomic E-state index is 12.0. The minimum absolute atomic E-state index is 0.338. The van der Waals surface area contributed by atoms with Gasteiger partial charge in [-0.15, -0.1) is 0 Å². The first-order valence-electron chi connectivity index (χ1n) is 7.62. The zero-order valence-corrected chi connectivity index (χ0v) is 12.2. The van der Waals surface area contributed by atoms with Gasteiger partial charge in [0, 0.05) is 0 Å². The van der Waals surface area contributed by atoms with E-state index >= 15 is 0 Å². The highest BCUT2D eigenvalue weighted by Gasteiger charge is 2.36. The molecule has 4 nitrogen and oxygen atoms in total. The van der Waals surface area contributed by atoms with Crippen molar-refractivity contribution < 1.29 is 19.4 Å². The summed E-state index contributed by atoms with van der Waals surface area (Å²) in [5.74, 6) is -2.25. The van der Waals surface area contributed by atoms with Crippen LogP contribution in [0.25, 0.3) is 0 Å². The summed E-state index contributed by atoms with van der Waals surface area (Å²) < 4.78 is 5.28. The lowest BCUT2D eigenvalue weighted by Crippen LogP contribution is -2.34. The first-order chi connectivity index (χ1) is 10.2. The molecule has 4 heteroatoms. The number of carbonyl (C=O) groups excluding carboxylic acids is 1. The van der Waals surface area contributed by atoms with E-state index in [9.17, 15) is 14.7 Å². The molecular formula is C17H22O4. The van der Waals surface area contributed by atoms with Gasteiger partial charge in [-0.25, -0.2) is 0 Å². The molecule has 2 unspecified atom stereocenters. The summed E-state index contributed by atoms with van der Waals surface area (Å²) in [4.78, 5) is 23.2. The molecule has 0 heterocycles. The summed E-state index contributed by atoms with van der Waals surface area (Å²) in [5, 5.41) is 9.17. The van der Waals surface area contributed by atoms with E-state index in [0.29, 0.717) is 19.4 Å². The van der Waals surface area contributed by atoms with Gasteiger partial charge in [0.05, 0.1) is 18.4 Å². The van der Waals surface area contributed by atoms with Crippen molar-refractivity contribution in [1.82, 2.24) is 0 Å². The van der Waals surface area contributed by atoms with Crippen LogP contribution in [0.15, 0.2) is 30.3 Å². The van der Waals surface area contributed by atoms with Crippen LogP contribution in [0.1, 0.15) is 37.7 Å². The van der Waals surface area contributed by atoms with Crippen LogP contribution in [0, 0.1) is 11.8 Å². The van der Waals surface area contributed by atoms with E-state index in [1.807, 2.05) is 30.3 Å². The Labute approximate surface area is 125 Å². The number of esters is 1. The number of hydrogen-bond donors (Lipinski definition) is 1. The van der Waals surface area contributed by atoms with E-state index in [4.69, 9.17) is 4.74 Å². The average molecular weight is 290 g/mol. The molecule has 2 atom stereocenters. The third kappa shape index (κ3) is 4.59.